The number of nitro benzene ring substituents is 1. The lowest BCUT2D eigenvalue weighted by molar-refractivity contribution is -0.387. The van der Waals surface area contributed by atoms with Crippen molar-refractivity contribution < 1.29 is 14.1 Å². The molecule has 0 radical (unpaired) electrons. The van der Waals surface area contributed by atoms with Crippen LogP contribution in [0.5, 0.6) is 0 Å². The van der Waals surface area contributed by atoms with Crippen molar-refractivity contribution in [2.75, 3.05) is 5.32 Å². The predicted molar refractivity (Wildman–Crippen MR) is 75.1 cm³/mol. The van der Waals surface area contributed by atoms with Gasteiger partial charge in [-0.25, -0.2) is 0 Å². The minimum absolute atomic E-state index is 0.154. The molecule has 1 N–H and O–H groups in total. The highest BCUT2D eigenvalue weighted by atomic mass is 79.9. The molecule has 0 aromatic heterocycles. The summed E-state index contributed by atoms with van der Waals surface area (Å²) in [6.45, 7) is 0. The van der Waals surface area contributed by atoms with Crippen molar-refractivity contribution in [1.29, 1.82) is 0 Å². The first-order chi connectivity index (χ1) is 9.47. The number of benzene rings is 2. The minimum Gasteiger partial charge on any atom is -0.322 e. The number of carbonyl (C=O) groups excluding carboxylic acids is 1. The zero-order valence-electron chi connectivity index (χ0n) is 9.97. The predicted octanol–water partition coefficient (Wildman–Crippen LogP) is 3.75. The lowest BCUT2D eigenvalue weighted by atomic mass is 10.2. The van der Waals surface area contributed by atoms with E-state index in [1.165, 1.54) is 6.07 Å². The number of nitro groups is 1. The summed E-state index contributed by atoms with van der Waals surface area (Å²) >= 11 is 3.25. The maximum absolute atomic E-state index is 13.4. The van der Waals surface area contributed by atoms with Crippen LogP contribution in [-0.4, -0.2) is 10.8 Å². The first kappa shape index (κ1) is 14.1. The van der Waals surface area contributed by atoms with Gasteiger partial charge in [-0.1, -0.05) is 15.9 Å². The number of hydrogen-bond acceptors (Lipinski definition) is 3. The highest BCUT2D eigenvalue weighted by molar-refractivity contribution is 9.10. The van der Waals surface area contributed by atoms with E-state index in [1.54, 1.807) is 24.3 Å². The summed E-state index contributed by atoms with van der Waals surface area (Å²) in [5.74, 6) is -1.42. The number of amides is 1. The molecule has 102 valence electrons. The number of carbonyl (C=O) groups is 1. The third-order valence-corrected chi connectivity index (χ3v) is 3.04. The average molecular weight is 339 g/mol. The van der Waals surface area contributed by atoms with E-state index < -0.39 is 22.3 Å². The largest absolute Gasteiger partial charge is 0.322 e. The number of nitrogens with one attached hydrogen (secondary N) is 1. The first-order valence-electron chi connectivity index (χ1n) is 5.48. The van der Waals surface area contributed by atoms with Crippen molar-refractivity contribution in [2.45, 2.75) is 0 Å². The second kappa shape index (κ2) is 5.79. The van der Waals surface area contributed by atoms with Gasteiger partial charge in [-0.15, -0.1) is 0 Å². The molecule has 20 heavy (non-hydrogen) atoms. The highest BCUT2D eigenvalue weighted by Crippen LogP contribution is 2.21. The van der Waals surface area contributed by atoms with Gasteiger partial charge in [0, 0.05) is 27.9 Å². The Labute approximate surface area is 121 Å². The van der Waals surface area contributed by atoms with Gasteiger partial charge in [0.15, 0.2) is 0 Å². The third kappa shape index (κ3) is 3.18. The Morgan fingerprint density at radius 1 is 1.20 bits per heavy atom. The maximum atomic E-state index is 13.4. The molecule has 2 rings (SSSR count). The zero-order chi connectivity index (χ0) is 14.7. The number of rotatable bonds is 3. The second-order valence-corrected chi connectivity index (χ2v) is 4.80. The van der Waals surface area contributed by atoms with Gasteiger partial charge in [0.05, 0.1) is 4.92 Å². The third-order valence-electron chi connectivity index (χ3n) is 2.51. The van der Waals surface area contributed by atoms with Crippen LogP contribution >= 0.6 is 15.9 Å². The Morgan fingerprint density at radius 3 is 2.40 bits per heavy atom. The molecule has 2 aromatic carbocycles. The summed E-state index contributed by atoms with van der Waals surface area (Å²) < 4.78 is 14.2. The summed E-state index contributed by atoms with van der Waals surface area (Å²) in [4.78, 5) is 21.5. The number of anilines is 1. The molecular formula is C13H8BrFN2O3. The standard InChI is InChI=1S/C13H8BrFN2O3/c14-9-3-1-8(2-4-9)13(18)16-10-5-6-12(17(19)20)11(15)7-10/h1-7H,(H,16,18). The normalized spacial score (nSPS) is 10.1. The number of hydrogen-bond donors (Lipinski definition) is 1. The SMILES string of the molecule is O=C(Nc1ccc([N+](=O)[O-])c(F)c1)c1ccc(Br)cc1. The smallest absolute Gasteiger partial charge is 0.304 e. The van der Waals surface area contributed by atoms with Gasteiger partial charge in [-0.05, 0) is 30.3 Å². The van der Waals surface area contributed by atoms with Crippen LogP contribution in [0.15, 0.2) is 46.9 Å². The average Bonchev–Trinajstić information content (AvgIpc) is 2.39. The van der Waals surface area contributed by atoms with Gasteiger partial charge in [-0.3, -0.25) is 14.9 Å². The van der Waals surface area contributed by atoms with E-state index >= 15 is 0 Å². The van der Waals surface area contributed by atoms with E-state index in [1.807, 2.05) is 0 Å². The van der Waals surface area contributed by atoms with Gasteiger partial charge >= 0.3 is 5.69 Å². The molecule has 0 heterocycles. The van der Waals surface area contributed by atoms with Crippen LogP contribution in [0.1, 0.15) is 10.4 Å². The molecule has 0 aliphatic carbocycles. The molecule has 7 heteroatoms. The molecule has 0 bridgehead atoms. The number of nitrogens with zero attached hydrogens (tertiary/aromatic N) is 1. The molecular weight excluding hydrogens is 331 g/mol. The number of halogens is 2. The van der Waals surface area contributed by atoms with Crippen LogP contribution < -0.4 is 5.32 Å². The fourth-order valence-electron chi connectivity index (χ4n) is 1.54. The Bertz CT molecular complexity index is 674. The fraction of sp³-hybridized carbons (Fsp3) is 0. The quantitative estimate of drug-likeness (QED) is 0.684. The Morgan fingerprint density at radius 2 is 1.85 bits per heavy atom. The van der Waals surface area contributed by atoms with Crippen LogP contribution in [0.4, 0.5) is 15.8 Å². The van der Waals surface area contributed by atoms with Crippen LogP contribution in [-0.2, 0) is 0 Å². The molecule has 0 spiro atoms. The molecule has 0 fully saturated rings. The molecule has 2 aromatic rings. The van der Waals surface area contributed by atoms with Crippen molar-refractivity contribution in [2.24, 2.45) is 0 Å². The summed E-state index contributed by atoms with van der Waals surface area (Å²) in [7, 11) is 0. The summed E-state index contributed by atoms with van der Waals surface area (Å²) in [5, 5.41) is 13.0. The summed E-state index contributed by atoms with van der Waals surface area (Å²) in [6, 6.07) is 9.79. The summed E-state index contributed by atoms with van der Waals surface area (Å²) in [5.41, 5.74) is -0.0837. The molecule has 0 aliphatic rings. The van der Waals surface area contributed by atoms with Gasteiger partial charge in [0.1, 0.15) is 0 Å². The lowest BCUT2D eigenvalue weighted by Gasteiger charge is -2.05. The lowest BCUT2D eigenvalue weighted by Crippen LogP contribution is -2.12. The van der Waals surface area contributed by atoms with E-state index in [0.717, 1.165) is 16.6 Å². The Kier molecular flexibility index (Phi) is 4.09. The molecule has 5 nitrogen and oxygen atoms in total. The molecule has 0 aliphatic heterocycles. The van der Waals surface area contributed by atoms with E-state index in [2.05, 4.69) is 21.2 Å². The van der Waals surface area contributed by atoms with Gasteiger partial charge < -0.3 is 5.32 Å². The van der Waals surface area contributed by atoms with Crippen LogP contribution in [0.3, 0.4) is 0 Å². The van der Waals surface area contributed by atoms with E-state index in [0.29, 0.717) is 5.56 Å². The van der Waals surface area contributed by atoms with Crippen molar-refractivity contribution in [3.05, 3.63) is 68.4 Å². The van der Waals surface area contributed by atoms with Crippen LogP contribution in [0.2, 0.25) is 0 Å². The second-order valence-electron chi connectivity index (χ2n) is 3.88. The highest BCUT2D eigenvalue weighted by Gasteiger charge is 2.15. The zero-order valence-corrected chi connectivity index (χ0v) is 11.6. The molecule has 1 amide bonds. The molecule has 0 saturated carbocycles. The Balaban J connectivity index is 2.18. The van der Waals surface area contributed by atoms with E-state index in [-0.39, 0.29) is 5.69 Å². The fourth-order valence-corrected chi connectivity index (χ4v) is 1.80. The topological polar surface area (TPSA) is 72.2 Å². The monoisotopic (exact) mass is 338 g/mol. The molecule has 0 saturated heterocycles. The molecule has 0 atom stereocenters. The van der Waals surface area contributed by atoms with Gasteiger partial charge in [0.2, 0.25) is 5.82 Å². The first-order valence-corrected chi connectivity index (χ1v) is 6.27. The maximum Gasteiger partial charge on any atom is 0.304 e. The van der Waals surface area contributed by atoms with E-state index in [9.17, 15) is 19.3 Å². The van der Waals surface area contributed by atoms with Crippen LogP contribution in [0, 0.1) is 15.9 Å². The van der Waals surface area contributed by atoms with Crippen molar-refractivity contribution in [3.8, 4) is 0 Å². The minimum atomic E-state index is -0.997. The van der Waals surface area contributed by atoms with E-state index in [4.69, 9.17) is 0 Å². The van der Waals surface area contributed by atoms with Gasteiger partial charge in [0.25, 0.3) is 5.91 Å². The Hall–Kier alpha value is -2.28. The summed E-state index contributed by atoms with van der Waals surface area (Å²) in [6.07, 6.45) is 0. The van der Waals surface area contributed by atoms with Crippen molar-refractivity contribution in [1.82, 2.24) is 0 Å². The molecule has 0 unspecified atom stereocenters. The van der Waals surface area contributed by atoms with Crippen molar-refractivity contribution in [3.63, 3.8) is 0 Å². The van der Waals surface area contributed by atoms with Crippen LogP contribution in [0.25, 0.3) is 0 Å². The van der Waals surface area contributed by atoms with Gasteiger partial charge in [-0.2, -0.15) is 4.39 Å². The van der Waals surface area contributed by atoms with Crippen molar-refractivity contribution >= 4 is 33.2 Å².